The number of nitrogen functional groups attached to an aromatic ring is 1. The number of carboxylic acids is 1. The highest BCUT2D eigenvalue weighted by Gasteiger charge is 2.25. The van der Waals surface area contributed by atoms with Crippen LogP contribution in [0.5, 0.6) is 0 Å². The Morgan fingerprint density at radius 3 is 2.67 bits per heavy atom. The minimum absolute atomic E-state index is 0.0137. The number of pyridine rings is 1. The van der Waals surface area contributed by atoms with Crippen molar-refractivity contribution in [2.45, 2.75) is 19.0 Å². The number of aromatic nitrogens is 1. The van der Waals surface area contributed by atoms with Gasteiger partial charge in [-0.2, -0.15) is 13.2 Å². The first kappa shape index (κ1) is 14.1. The van der Waals surface area contributed by atoms with E-state index in [-0.39, 0.29) is 30.2 Å². The van der Waals surface area contributed by atoms with E-state index in [0.717, 1.165) is 0 Å². The van der Waals surface area contributed by atoms with E-state index in [1.165, 1.54) is 12.1 Å². The number of carbonyl (C=O) groups is 1. The average molecular weight is 263 g/mol. The number of nitrogens with one attached hydrogen (secondary N) is 1. The second-order valence-electron chi connectivity index (χ2n) is 3.58. The van der Waals surface area contributed by atoms with Crippen molar-refractivity contribution in [1.29, 1.82) is 0 Å². The third kappa shape index (κ3) is 4.48. The van der Waals surface area contributed by atoms with Crippen LogP contribution in [0.2, 0.25) is 0 Å². The van der Waals surface area contributed by atoms with E-state index in [4.69, 9.17) is 10.8 Å². The van der Waals surface area contributed by atoms with Crippen LogP contribution in [-0.4, -0.2) is 28.8 Å². The number of anilines is 2. The molecule has 0 unspecified atom stereocenters. The van der Waals surface area contributed by atoms with Crippen molar-refractivity contribution in [2.75, 3.05) is 17.6 Å². The topological polar surface area (TPSA) is 88.2 Å². The van der Waals surface area contributed by atoms with Crippen LogP contribution in [0.4, 0.5) is 24.7 Å². The molecule has 0 atom stereocenters. The Hall–Kier alpha value is -1.99. The predicted octanol–water partition coefficient (Wildman–Crippen LogP) is 2.12. The van der Waals surface area contributed by atoms with Crippen LogP contribution in [0.1, 0.15) is 23.3 Å². The van der Waals surface area contributed by atoms with Crippen LogP contribution in [0, 0.1) is 0 Å². The molecule has 100 valence electrons. The van der Waals surface area contributed by atoms with Gasteiger partial charge in [0.1, 0.15) is 5.82 Å². The molecule has 4 N–H and O–H groups in total. The zero-order chi connectivity index (χ0) is 13.8. The van der Waals surface area contributed by atoms with Gasteiger partial charge in [0.05, 0.1) is 5.69 Å². The first-order valence-corrected chi connectivity index (χ1v) is 5.10. The summed E-state index contributed by atoms with van der Waals surface area (Å²) in [5.74, 6) is -1.15. The molecule has 0 radical (unpaired) electrons. The summed E-state index contributed by atoms with van der Waals surface area (Å²) in [6.07, 6.45) is -5.26. The minimum atomic E-state index is -4.20. The smallest absolute Gasteiger partial charge is 0.389 e. The predicted molar refractivity (Wildman–Crippen MR) is 59.4 cm³/mol. The molecule has 5 nitrogen and oxygen atoms in total. The highest BCUT2D eigenvalue weighted by atomic mass is 19.4. The van der Waals surface area contributed by atoms with Gasteiger partial charge in [-0.25, -0.2) is 9.78 Å². The first-order chi connectivity index (χ1) is 8.29. The molecule has 1 aromatic rings. The molecule has 0 aromatic carbocycles. The summed E-state index contributed by atoms with van der Waals surface area (Å²) in [5.41, 5.74) is 5.48. The minimum Gasteiger partial charge on any atom is -0.477 e. The van der Waals surface area contributed by atoms with Gasteiger partial charge in [0.2, 0.25) is 0 Å². The lowest BCUT2D eigenvalue weighted by atomic mass is 10.3. The van der Waals surface area contributed by atoms with Crippen LogP contribution < -0.4 is 11.1 Å². The number of alkyl halides is 3. The van der Waals surface area contributed by atoms with E-state index in [0.29, 0.717) is 0 Å². The Balaban J connectivity index is 2.56. The average Bonchev–Trinajstić information content (AvgIpc) is 2.24. The summed E-state index contributed by atoms with van der Waals surface area (Å²) in [6, 6.07) is 2.56. The summed E-state index contributed by atoms with van der Waals surface area (Å²) < 4.78 is 35.7. The molecule has 0 aliphatic rings. The van der Waals surface area contributed by atoms with Crippen molar-refractivity contribution in [3.63, 3.8) is 0 Å². The standard InChI is InChI=1S/C10H12F3N3O2/c11-10(12,13)4-1-5-15-8-6(14)2-3-7(16-8)9(17)18/h2-3H,1,4-5,14H2,(H,15,16)(H,17,18). The Morgan fingerprint density at radius 1 is 1.44 bits per heavy atom. The molecule has 0 fully saturated rings. The SMILES string of the molecule is Nc1ccc(C(=O)O)nc1NCCCC(F)(F)F. The molecule has 18 heavy (non-hydrogen) atoms. The molecule has 1 heterocycles. The number of hydrogen-bond acceptors (Lipinski definition) is 4. The Kier molecular flexibility index (Phi) is 4.35. The summed E-state index contributed by atoms with van der Waals surface area (Å²) in [7, 11) is 0. The van der Waals surface area contributed by atoms with Crippen molar-refractivity contribution in [1.82, 2.24) is 4.98 Å². The van der Waals surface area contributed by atoms with E-state index in [9.17, 15) is 18.0 Å². The largest absolute Gasteiger partial charge is 0.477 e. The molecule has 0 spiro atoms. The number of carboxylic acid groups (broad SMARTS) is 1. The molecule has 8 heteroatoms. The van der Waals surface area contributed by atoms with Gasteiger partial charge in [0.25, 0.3) is 0 Å². The fourth-order valence-electron chi connectivity index (χ4n) is 1.23. The van der Waals surface area contributed by atoms with E-state index in [1.54, 1.807) is 0 Å². The van der Waals surface area contributed by atoms with Crippen LogP contribution in [0.15, 0.2) is 12.1 Å². The maximum Gasteiger partial charge on any atom is 0.389 e. The van der Waals surface area contributed by atoms with Gasteiger partial charge in [0, 0.05) is 13.0 Å². The van der Waals surface area contributed by atoms with Crippen LogP contribution in [0.25, 0.3) is 0 Å². The number of nitrogens with zero attached hydrogens (tertiary/aromatic N) is 1. The third-order valence-electron chi connectivity index (χ3n) is 2.08. The molecule has 1 rings (SSSR count). The van der Waals surface area contributed by atoms with Gasteiger partial charge >= 0.3 is 12.1 Å². The van der Waals surface area contributed by atoms with Gasteiger partial charge in [-0.05, 0) is 18.6 Å². The first-order valence-electron chi connectivity index (χ1n) is 5.10. The van der Waals surface area contributed by atoms with Gasteiger partial charge in [0.15, 0.2) is 5.69 Å². The van der Waals surface area contributed by atoms with Crippen LogP contribution in [-0.2, 0) is 0 Å². The van der Waals surface area contributed by atoms with E-state index in [1.807, 2.05) is 0 Å². The fourth-order valence-corrected chi connectivity index (χ4v) is 1.23. The van der Waals surface area contributed by atoms with Gasteiger partial charge < -0.3 is 16.2 Å². The van der Waals surface area contributed by atoms with Gasteiger partial charge in [-0.1, -0.05) is 0 Å². The molecule has 0 amide bonds. The summed E-state index contributed by atoms with van der Waals surface area (Å²) in [5, 5.41) is 11.3. The van der Waals surface area contributed by atoms with Crippen molar-refractivity contribution >= 4 is 17.5 Å². The Bertz CT molecular complexity index is 435. The van der Waals surface area contributed by atoms with E-state index < -0.39 is 18.6 Å². The number of rotatable bonds is 5. The third-order valence-corrected chi connectivity index (χ3v) is 2.08. The van der Waals surface area contributed by atoms with Gasteiger partial charge in [-0.3, -0.25) is 0 Å². The Morgan fingerprint density at radius 2 is 2.11 bits per heavy atom. The molecule has 0 saturated carbocycles. The highest BCUT2D eigenvalue weighted by molar-refractivity contribution is 5.86. The lowest BCUT2D eigenvalue weighted by molar-refractivity contribution is -0.134. The lowest BCUT2D eigenvalue weighted by Crippen LogP contribution is -2.13. The lowest BCUT2D eigenvalue weighted by Gasteiger charge is -2.10. The maximum atomic E-state index is 11.9. The summed E-state index contributed by atoms with van der Waals surface area (Å²) >= 11 is 0. The van der Waals surface area contributed by atoms with E-state index in [2.05, 4.69) is 10.3 Å². The molecular formula is C10H12F3N3O2. The van der Waals surface area contributed by atoms with Crippen molar-refractivity contribution < 1.29 is 23.1 Å². The molecular weight excluding hydrogens is 251 g/mol. The number of aromatic carboxylic acids is 1. The van der Waals surface area contributed by atoms with Crippen molar-refractivity contribution in [3.8, 4) is 0 Å². The molecule has 0 aliphatic carbocycles. The number of hydrogen-bond donors (Lipinski definition) is 3. The normalized spacial score (nSPS) is 11.3. The van der Waals surface area contributed by atoms with Crippen LogP contribution >= 0.6 is 0 Å². The summed E-state index contributed by atoms with van der Waals surface area (Å²) in [4.78, 5) is 14.3. The number of nitrogens with two attached hydrogens (primary N) is 1. The molecule has 1 aromatic heterocycles. The Labute approximate surface area is 101 Å². The molecule has 0 bridgehead atoms. The summed E-state index contributed by atoms with van der Waals surface area (Å²) in [6.45, 7) is 0.0137. The number of halogens is 3. The van der Waals surface area contributed by atoms with E-state index >= 15 is 0 Å². The fraction of sp³-hybridized carbons (Fsp3) is 0.400. The quantitative estimate of drug-likeness (QED) is 0.708. The molecule has 0 saturated heterocycles. The van der Waals surface area contributed by atoms with Crippen LogP contribution in [0.3, 0.4) is 0 Å². The maximum absolute atomic E-state index is 11.9. The molecule has 0 aliphatic heterocycles. The highest BCUT2D eigenvalue weighted by Crippen LogP contribution is 2.22. The zero-order valence-electron chi connectivity index (χ0n) is 9.29. The second-order valence-corrected chi connectivity index (χ2v) is 3.58. The van der Waals surface area contributed by atoms with Crippen molar-refractivity contribution in [3.05, 3.63) is 17.8 Å². The zero-order valence-corrected chi connectivity index (χ0v) is 9.29. The second kappa shape index (κ2) is 5.56. The van der Waals surface area contributed by atoms with Crippen molar-refractivity contribution in [2.24, 2.45) is 0 Å². The van der Waals surface area contributed by atoms with Gasteiger partial charge in [-0.15, -0.1) is 0 Å². The monoisotopic (exact) mass is 263 g/mol.